The van der Waals surface area contributed by atoms with Crippen molar-refractivity contribution in [2.75, 3.05) is 0 Å². The van der Waals surface area contributed by atoms with Crippen molar-refractivity contribution >= 4 is 10.9 Å². The van der Waals surface area contributed by atoms with Gasteiger partial charge in [0, 0.05) is 5.39 Å². The van der Waals surface area contributed by atoms with E-state index in [1.165, 1.54) is 25.7 Å². The van der Waals surface area contributed by atoms with Gasteiger partial charge in [-0.25, -0.2) is 9.97 Å². The van der Waals surface area contributed by atoms with Gasteiger partial charge in [0.2, 0.25) is 0 Å². The van der Waals surface area contributed by atoms with Gasteiger partial charge >= 0.3 is 0 Å². The summed E-state index contributed by atoms with van der Waals surface area (Å²) in [5.41, 5.74) is 1.89. The van der Waals surface area contributed by atoms with Gasteiger partial charge in [-0.15, -0.1) is 0 Å². The van der Waals surface area contributed by atoms with E-state index in [9.17, 15) is 5.26 Å². The number of fused-ring (bicyclic) bond motifs is 3. The van der Waals surface area contributed by atoms with Crippen molar-refractivity contribution in [1.29, 1.82) is 5.26 Å². The molecule has 0 N–H and O–H groups in total. The first-order chi connectivity index (χ1) is 9.86. The fraction of sp³-hybridized carbons (Fsp3) is 0.471. The second-order valence-electron chi connectivity index (χ2n) is 6.22. The van der Waals surface area contributed by atoms with E-state index >= 15 is 0 Å². The first-order valence-corrected chi connectivity index (χ1v) is 7.46. The molecule has 0 amide bonds. The zero-order valence-corrected chi connectivity index (χ0v) is 11.4. The maximum atomic E-state index is 9.72. The summed E-state index contributed by atoms with van der Waals surface area (Å²) < 4.78 is 0. The second kappa shape index (κ2) is 4.56. The Morgan fingerprint density at radius 1 is 1.15 bits per heavy atom. The Kier molecular flexibility index (Phi) is 2.70. The average Bonchev–Trinajstić information content (AvgIpc) is 3.11. The van der Waals surface area contributed by atoms with Crippen molar-refractivity contribution in [3.05, 3.63) is 36.3 Å². The van der Waals surface area contributed by atoms with Gasteiger partial charge < -0.3 is 0 Å². The lowest BCUT2D eigenvalue weighted by molar-refractivity contribution is 0.309. The summed E-state index contributed by atoms with van der Waals surface area (Å²) in [4.78, 5) is 8.79. The van der Waals surface area contributed by atoms with Crippen LogP contribution in [0.15, 0.2) is 30.6 Å². The topological polar surface area (TPSA) is 49.6 Å². The highest BCUT2D eigenvalue weighted by atomic mass is 14.8. The SMILES string of the molecule is N#CC(c1ncnc2ccccc12)C1CC2CCC1C2. The van der Waals surface area contributed by atoms with Gasteiger partial charge in [0.1, 0.15) is 6.33 Å². The minimum absolute atomic E-state index is 0.0711. The van der Waals surface area contributed by atoms with Crippen LogP contribution < -0.4 is 0 Å². The summed E-state index contributed by atoms with van der Waals surface area (Å²) in [6.45, 7) is 0. The number of benzene rings is 1. The summed E-state index contributed by atoms with van der Waals surface area (Å²) in [5, 5.41) is 10.8. The van der Waals surface area contributed by atoms with Crippen molar-refractivity contribution in [3.8, 4) is 6.07 Å². The summed E-state index contributed by atoms with van der Waals surface area (Å²) in [6.07, 6.45) is 6.81. The van der Waals surface area contributed by atoms with Gasteiger partial charge in [-0.05, 0) is 43.1 Å². The van der Waals surface area contributed by atoms with Crippen LogP contribution in [0.5, 0.6) is 0 Å². The normalized spacial score (nSPS) is 29.4. The molecule has 100 valence electrons. The molecule has 3 heteroatoms. The van der Waals surface area contributed by atoms with Crippen LogP contribution >= 0.6 is 0 Å². The maximum absolute atomic E-state index is 9.72. The molecule has 4 unspecified atom stereocenters. The summed E-state index contributed by atoms with van der Waals surface area (Å²) in [5.74, 6) is 2.02. The van der Waals surface area contributed by atoms with E-state index in [1.807, 2.05) is 24.3 Å². The van der Waals surface area contributed by atoms with Gasteiger partial charge in [0.05, 0.1) is 23.2 Å². The Morgan fingerprint density at radius 2 is 2.05 bits per heavy atom. The summed E-state index contributed by atoms with van der Waals surface area (Å²) in [7, 11) is 0. The Balaban J connectivity index is 1.79. The van der Waals surface area contributed by atoms with Crippen molar-refractivity contribution in [3.63, 3.8) is 0 Å². The van der Waals surface area contributed by atoms with E-state index in [2.05, 4.69) is 16.0 Å². The van der Waals surface area contributed by atoms with Gasteiger partial charge in [-0.2, -0.15) is 5.26 Å². The largest absolute Gasteiger partial charge is 0.239 e. The molecule has 0 spiro atoms. The van der Waals surface area contributed by atoms with Crippen LogP contribution in [0.1, 0.15) is 37.3 Å². The highest BCUT2D eigenvalue weighted by Crippen LogP contribution is 2.53. The van der Waals surface area contributed by atoms with Crippen LogP contribution in [0.25, 0.3) is 10.9 Å². The fourth-order valence-corrected chi connectivity index (χ4v) is 4.34. The first-order valence-electron chi connectivity index (χ1n) is 7.46. The molecule has 2 fully saturated rings. The molecular weight excluding hydrogens is 246 g/mol. The van der Waals surface area contributed by atoms with E-state index in [0.29, 0.717) is 5.92 Å². The van der Waals surface area contributed by atoms with E-state index in [0.717, 1.165) is 28.4 Å². The molecule has 2 aliphatic rings. The number of para-hydroxylation sites is 1. The van der Waals surface area contributed by atoms with E-state index in [4.69, 9.17) is 0 Å². The minimum Gasteiger partial charge on any atom is -0.239 e. The van der Waals surface area contributed by atoms with Crippen LogP contribution in [0.3, 0.4) is 0 Å². The Bertz CT molecular complexity index is 683. The van der Waals surface area contributed by atoms with Crippen molar-refractivity contribution in [1.82, 2.24) is 9.97 Å². The molecule has 2 saturated carbocycles. The Morgan fingerprint density at radius 3 is 2.80 bits per heavy atom. The molecule has 3 nitrogen and oxygen atoms in total. The number of aromatic nitrogens is 2. The van der Waals surface area contributed by atoms with E-state index in [1.54, 1.807) is 6.33 Å². The number of hydrogen-bond acceptors (Lipinski definition) is 3. The number of hydrogen-bond donors (Lipinski definition) is 0. The lowest BCUT2D eigenvalue weighted by Gasteiger charge is -2.26. The third kappa shape index (κ3) is 1.71. The molecule has 0 radical (unpaired) electrons. The lowest BCUT2D eigenvalue weighted by atomic mass is 9.78. The molecule has 4 atom stereocenters. The molecule has 2 bridgehead atoms. The summed E-state index contributed by atoms with van der Waals surface area (Å²) in [6, 6.07) is 10.6. The zero-order chi connectivity index (χ0) is 13.5. The summed E-state index contributed by atoms with van der Waals surface area (Å²) >= 11 is 0. The number of nitrogens with zero attached hydrogens (tertiary/aromatic N) is 3. The van der Waals surface area contributed by atoms with Crippen LogP contribution in [0.2, 0.25) is 0 Å². The van der Waals surface area contributed by atoms with Crippen LogP contribution in [-0.2, 0) is 0 Å². The molecule has 1 aromatic carbocycles. The molecular formula is C17H17N3. The zero-order valence-electron chi connectivity index (χ0n) is 11.4. The molecule has 2 aliphatic carbocycles. The minimum atomic E-state index is -0.0711. The molecule has 2 aromatic rings. The van der Waals surface area contributed by atoms with Crippen LogP contribution in [0.4, 0.5) is 0 Å². The predicted molar refractivity (Wildman–Crippen MR) is 76.8 cm³/mol. The van der Waals surface area contributed by atoms with Gasteiger partial charge in [0.25, 0.3) is 0 Å². The van der Waals surface area contributed by atoms with E-state index in [-0.39, 0.29) is 5.92 Å². The Labute approximate surface area is 118 Å². The third-order valence-electron chi connectivity index (χ3n) is 5.23. The van der Waals surface area contributed by atoms with Crippen LogP contribution in [-0.4, -0.2) is 9.97 Å². The maximum Gasteiger partial charge on any atom is 0.116 e. The van der Waals surface area contributed by atoms with Crippen LogP contribution in [0, 0.1) is 29.1 Å². The Hall–Kier alpha value is -1.95. The van der Waals surface area contributed by atoms with Crippen molar-refractivity contribution in [2.24, 2.45) is 17.8 Å². The molecule has 1 aromatic heterocycles. The average molecular weight is 263 g/mol. The van der Waals surface area contributed by atoms with Crippen molar-refractivity contribution < 1.29 is 0 Å². The second-order valence-corrected chi connectivity index (χ2v) is 6.22. The van der Waals surface area contributed by atoms with Gasteiger partial charge in [0.15, 0.2) is 0 Å². The standard InChI is InChI=1S/C17H17N3/c18-9-15(14-8-11-5-6-12(14)7-11)17-13-3-1-2-4-16(13)19-10-20-17/h1-4,10-12,14-15H,5-8H2. The highest BCUT2D eigenvalue weighted by Gasteiger charge is 2.44. The molecule has 0 aliphatic heterocycles. The van der Waals surface area contributed by atoms with Gasteiger partial charge in [-0.3, -0.25) is 0 Å². The van der Waals surface area contributed by atoms with Gasteiger partial charge in [-0.1, -0.05) is 24.6 Å². The predicted octanol–water partition coefficient (Wildman–Crippen LogP) is 3.67. The molecule has 20 heavy (non-hydrogen) atoms. The molecule has 1 heterocycles. The molecule has 0 saturated heterocycles. The van der Waals surface area contributed by atoms with E-state index < -0.39 is 0 Å². The quantitative estimate of drug-likeness (QED) is 0.830. The lowest BCUT2D eigenvalue weighted by Crippen LogP contribution is -2.19. The number of nitriles is 1. The smallest absolute Gasteiger partial charge is 0.116 e. The molecule has 4 rings (SSSR count). The number of rotatable bonds is 2. The monoisotopic (exact) mass is 263 g/mol. The third-order valence-corrected chi connectivity index (χ3v) is 5.23. The fourth-order valence-electron chi connectivity index (χ4n) is 4.34. The van der Waals surface area contributed by atoms with Crippen molar-refractivity contribution in [2.45, 2.75) is 31.6 Å². The highest BCUT2D eigenvalue weighted by molar-refractivity contribution is 5.81. The first kappa shape index (κ1) is 11.8.